The van der Waals surface area contributed by atoms with Gasteiger partial charge in [0, 0.05) is 37.8 Å². The van der Waals surface area contributed by atoms with Crippen LogP contribution in [0.4, 0.5) is 5.69 Å². The van der Waals surface area contributed by atoms with Gasteiger partial charge in [0.1, 0.15) is 0 Å². The van der Waals surface area contributed by atoms with E-state index in [1.54, 1.807) is 0 Å². The van der Waals surface area contributed by atoms with E-state index in [1.807, 2.05) is 36.9 Å². The van der Waals surface area contributed by atoms with Crippen molar-refractivity contribution in [1.82, 2.24) is 9.80 Å². The van der Waals surface area contributed by atoms with Gasteiger partial charge in [0.25, 0.3) is 0 Å². The predicted octanol–water partition coefficient (Wildman–Crippen LogP) is 2.08. The summed E-state index contributed by atoms with van der Waals surface area (Å²) in [6, 6.07) is 6.46. The van der Waals surface area contributed by atoms with E-state index in [4.69, 9.17) is 0 Å². The maximum absolute atomic E-state index is 12.5. The van der Waals surface area contributed by atoms with Crippen molar-refractivity contribution in [2.45, 2.75) is 58.1 Å². The number of benzene rings is 1. The molecule has 6 heteroatoms. The third kappa shape index (κ3) is 5.78. The first-order valence-electron chi connectivity index (χ1n) is 9.99. The van der Waals surface area contributed by atoms with Crippen molar-refractivity contribution in [1.29, 1.82) is 0 Å². The molecule has 2 amide bonds. The van der Waals surface area contributed by atoms with Crippen molar-refractivity contribution in [2.75, 3.05) is 31.5 Å². The Bertz CT molecular complexity index is 679. The summed E-state index contributed by atoms with van der Waals surface area (Å²) in [5.41, 5.74) is 3.03. The fourth-order valence-corrected chi connectivity index (χ4v) is 3.59. The van der Waals surface area contributed by atoms with Crippen LogP contribution in [-0.2, 0) is 9.59 Å². The third-order valence-electron chi connectivity index (χ3n) is 5.51. The number of hydrogen-bond acceptors (Lipinski definition) is 4. The molecule has 0 spiro atoms. The van der Waals surface area contributed by atoms with Crippen molar-refractivity contribution in [3.8, 4) is 0 Å². The Morgan fingerprint density at radius 2 is 1.89 bits per heavy atom. The number of piperidine rings is 1. The van der Waals surface area contributed by atoms with E-state index in [0.717, 1.165) is 29.7 Å². The number of aliphatic hydroxyl groups is 1. The first-order valence-corrected chi connectivity index (χ1v) is 9.99. The minimum atomic E-state index is -0.272. The second kappa shape index (κ2) is 8.85. The number of rotatable bonds is 7. The summed E-state index contributed by atoms with van der Waals surface area (Å²) in [6.45, 7) is 6.21. The number of aliphatic hydroxyl groups excluding tert-OH is 1. The molecule has 2 fully saturated rings. The predicted molar refractivity (Wildman–Crippen MR) is 106 cm³/mol. The van der Waals surface area contributed by atoms with Gasteiger partial charge in [0.15, 0.2) is 0 Å². The molecule has 148 valence electrons. The topological polar surface area (TPSA) is 72.9 Å². The number of nitrogens with zero attached hydrogens (tertiary/aromatic N) is 2. The molecule has 0 radical (unpaired) electrons. The summed E-state index contributed by atoms with van der Waals surface area (Å²) >= 11 is 0. The van der Waals surface area contributed by atoms with Gasteiger partial charge in [-0.05, 0) is 56.7 Å². The zero-order valence-corrected chi connectivity index (χ0v) is 16.4. The van der Waals surface area contributed by atoms with E-state index < -0.39 is 0 Å². The van der Waals surface area contributed by atoms with Gasteiger partial charge in [-0.15, -0.1) is 0 Å². The highest BCUT2D eigenvalue weighted by molar-refractivity contribution is 5.93. The van der Waals surface area contributed by atoms with Gasteiger partial charge < -0.3 is 15.3 Å². The molecule has 2 aliphatic rings. The van der Waals surface area contributed by atoms with Crippen LogP contribution in [0.2, 0.25) is 0 Å². The van der Waals surface area contributed by atoms with Crippen LogP contribution >= 0.6 is 0 Å². The number of likely N-dealkylation sites (tertiary alicyclic amines) is 1. The first-order chi connectivity index (χ1) is 12.9. The number of anilines is 1. The Balaban J connectivity index is 1.49. The molecule has 0 atom stereocenters. The maximum Gasteiger partial charge on any atom is 0.238 e. The molecule has 6 nitrogen and oxygen atoms in total. The fourth-order valence-electron chi connectivity index (χ4n) is 3.59. The summed E-state index contributed by atoms with van der Waals surface area (Å²) in [5.74, 6) is 0.103. The molecule has 0 unspecified atom stereocenters. The summed E-state index contributed by atoms with van der Waals surface area (Å²) in [6.07, 6.45) is 3.68. The summed E-state index contributed by atoms with van der Waals surface area (Å²) < 4.78 is 0. The molecule has 1 aliphatic heterocycles. The molecule has 1 aliphatic carbocycles. The van der Waals surface area contributed by atoms with Crippen LogP contribution < -0.4 is 5.32 Å². The zero-order valence-electron chi connectivity index (χ0n) is 16.4. The summed E-state index contributed by atoms with van der Waals surface area (Å²) in [5, 5.41) is 12.6. The molecule has 2 N–H and O–H groups in total. The average molecular weight is 373 g/mol. The number of hydrogen-bond donors (Lipinski definition) is 2. The smallest absolute Gasteiger partial charge is 0.238 e. The van der Waals surface area contributed by atoms with Crippen LogP contribution in [0.25, 0.3) is 0 Å². The van der Waals surface area contributed by atoms with Crippen LogP contribution in [0.1, 0.15) is 43.2 Å². The largest absolute Gasteiger partial charge is 0.393 e. The maximum atomic E-state index is 12.5. The lowest BCUT2D eigenvalue weighted by Gasteiger charge is -2.30. The number of aryl methyl sites for hydroxylation is 2. The SMILES string of the molecule is Cc1ccc(C)c(NC(=O)CN(CCC(=O)N2CCC(O)CC2)C2CC2)c1. The number of nitrogens with one attached hydrogen (secondary N) is 1. The van der Waals surface area contributed by atoms with Gasteiger partial charge in [0.2, 0.25) is 11.8 Å². The van der Waals surface area contributed by atoms with E-state index in [2.05, 4.69) is 10.2 Å². The van der Waals surface area contributed by atoms with Crippen LogP contribution in [0, 0.1) is 13.8 Å². The Kier molecular flexibility index (Phi) is 6.50. The van der Waals surface area contributed by atoms with Crippen molar-refractivity contribution >= 4 is 17.5 Å². The Hall–Kier alpha value is -1.92. The molecule has 0 aromatic heterocycles. The zero-order chi connectivity index (χ0) is 19.4. The molecule has 27 heavy (non-hydrogen) atoms. The van der Waals surface area contributed by atoms with E-state index >= 15 is 0 Å². The highest BCUT2D eigenvalue weighted by atomic mass is 16.3. The average Bonchev–Trinajstić information content (AvgIpc) is 3.47. The molecule has 1 saturated heterocycles. The van der Waals surface area contributed by atoms with Gasteiger partial charge >= 0.3 is 0 Å². The molecule has 3 rings (SSSR count). The monoisotopic (exact) mass is 373 g/mol. The van der Waals surface area contributed by atoms with Crippen LogP contribution in [0.15, 0.2) is 18.2 Å². The number of carbonyl (C=O) groups excluding carboxylic acids is 2. The molecule has 1 aromatic carbocycles. The van der Waals surface area contributed by atoms with Gasteiger partial charge in [-0.1, -0.05) is 12.1 Å². The summed E-state index contributed by atoms with van der Waals surface area (Å²) in [7, 11) is 0. The van der Waals surface area contributed by atoms with Crippen molar-refractivity contribution in [2.24, 2.45) is 0 Å². The minimum absolute atomic E-state index is 0.0239. The quantitative estimate of drug-likeness (QED) is 0.768. The molecule has 1 aromatic rings. The molecule has 1 heterocycles. The van der Waals surface area contributed by atoms with Crippen LogP contribution in [0.3, 0.4) is 0 Å². The van der Waals surface area contributed by atoms with Crippen LogP contribution in [-0.4, -0.2) is 65.0 Å². The molecule has 0 bridgehead atoms. The highest BCUT2D eigenvalue weighted by Crippen LogP contribution is 2.27. The molecule has 1 saturated carbocycles. The molecular formula is C21H31N3O3. The first kappa shape index (κ1) is 19.8. The Morgan fingerprint density at radius 1 is 1.19 bits per heavy atom. The standard InChI is InChI=1S/C21H31N3O3/c1-15-3-4-16(2)19(13-15)22-20(26)14-24(17-5-6-17)12-9-21(27)23-10-7-18(25)8-11-23/h3-4,13,17-18,25H,5-12,14H2,1-2H3,(H,22,26). The van der Waals surface area contributed by atoms with Crippen molar-refractivity contribution in [3.63, 3.8) is 0 Å². The van der Waals surface area contributed by atoms with E-state index in [0.29, 0.717) is 51.5 Å². The van der Waals surface area contributed by atoms with Crippen molar-refractivity contribution in [3.05, 3.63) is 29.3 Å². The van der Waals surface area contributed by atoms with Crippen LogP contribution in [0.5, 0.6) is 0 Å². The minimum Gasteiger partial charge on any atom is -0.393 e. The Morgan fingerprint density at radius 3 is 2.56 bits per heavy atom. The molecular weight excluding hydrogens is 342 g/mol. The van der Waals surface area contributed by atoms with Gasteiger partial charge in [-0.3, -0.25) is 14.5 Å². The fraction of sp³-hybridized carbons (Fsp3) is 0.619. The van der Waals surface area contributed by atoms with Gasteiger partial charge in [-0.2, -0.15) is 0 Å². The van der Waals surface area contributed by atoms with Gasteiger partial charge in [-0.25, -0.2) is 0 Å². The van der Waals surface area contributed by atoms with E-state index in [9.17, 15) is 14.7 Å². The third-order valence-corrected chi connectivity index (χ3v) is 5.51. The van der Waals surface area contributed by atoms with E-state index in [-0.39, 0.29) is 17.9 Å². The summed E-state index contributed by atoms with van der Waals surface area (Å²) in [4.78, 5) is 28.9. The number of amides is 2. The number of carbonyl (C=O) groups is 2. The Labute approximate surface area is 161 Å². The normalized spacial score (nSPS) is 18.0. The second-order valence-corrected chi connectivity index (χ2v) is 7.93. The highest BCUT2D eigenvalue weighted by Gasteiger charge is 2.31. The van der Waals surface area contributed by atoms with E-state index in [1.165, 1.54) is 0 Å². The van der Waals surface area contributed by atoms with Crippen molar-refractivity contribution < 1.29 is 14.7 Å². The lowest BCUT2D eigenvalue weighted by Crippen LogP contribution is -2.42. The van der Waals surface area contributed by atoms with Gasteiger partial charge in [0.05, 0.1) is 12.6 Å². The lowest BCUT2D eigenvalue weighted by molar-refractivity contribution is -0.133. The second-order valence-electron chi connectivity index (χ2n) is 7.93. The lowest BCUT2D eigenvalue weighted by atomic mass is 10.1.